The molecule has 9 heterocycles. The molecule has 6 amide bonds. The van der Waals surface area contributed by atoms with Crippen LogP contribution in [0.1, 0.15) is 87.0 Å². The van der Waals surface area contributed by atoms with E-state index >= 15 is 0 Å². The van der Waals surface area contributed by atoms with Crippen LogP contribution in [0.4, 0.5) is 47.6 Å². The van der Waals surface area contributed by atoms with Gasteiger partial charge in [0, 0.05) is 122 Å². The molecule has 3 aliphatic rings. The fourth-order valence-corrected chi connectivity index (χ4v) is 14.8. The number of anilines is 6. The number of rotatable bonds is 16. The highest BCUT2D eigenvalue weighted by Gasteiger charge is 2.40. The van der Waals surface area contributed by atoms with Gasteiger partial charge in [-0.3, -0.25) is 30.3 Å². The number of hydrogen-bond donors (Lipinski definition) is 8. The third-order valence-electron chi connectivity index (χ3n) is 17.1. The van der Waals surface area contributed by atoms with Crippen molar-refractivity contribution in [2.24, 2.45) is 16.2 Å². The Bertz CT molecular complexity index is 4330. The molecule has 32 heteroatoms. The molecule has 3 aliphatic heterocycles. The van der Waals surface area contributed by atoms with E-state index in [1.165, 1.54) is 34.0 Å². The van der Waals surface area contributed by atoms with Gasteiger partial charge in [-0.25, -0.2) is 59.2 Å². The number of aliphatic carboxylic acids is 2. The summed E-state index contributed by atoms with van der Waals surface area (Å²) in [6, 6.07) is 13.0. The number of carboxylic acids is 2. The molecule has 0 radical (unpaired) electrons. The molecule has 97 heavy (non-hydrogen) atoms. The lowest BCUT2D eigenvalue weighted by Gasteiger charge is -2.37. The first-order chi connectivity index (χ1) is 46.5. The molecule has 6 aromatic heterocycles. The number of nitrogens with zero attached hydrogens (tertiary/aromatic N) is 12. The second kappa shape index (κ2) is 31.1. The first kappa shape index (κ1) is 70.9. The zero-order valence-corrected chi connectivity index (χ0v) is 60.0. The lowest BCUT2D eigenvalue weighted by atomic mass is 9.80. The van der Waals surface area contributed by atoms with E-state index < -0.39 is 28.2 Å². The second-order valence-electron chi connectivity index (χ2n) is 24.1. The molecular weight excluding hydrogens is 1430 g/mol. The van der Waals surface area contributed by atoms with Crippen LogP contribution < -0.4 is 46.6 Å². The number of carboxylic acid groups (broad SMARTS) is 2. The molecule has 8 N–H and O–H groups in total. The summed E-state index contributed by atoms with van der Waals surface area (Å²) in [4.78, 5) is 117. The minimum atomic E-state index is -0.749. The minimum absolute atomic E-state index is 0.127. The normalized spacial score (nSPS) is 15.5. The number of nitrogens with one attached hydrogen (secondary N) is 6. The van der Waals surface area contributed by atoms with Crippen LogP contribution in [0.5, 0.6) is 0 Å². The number of esters is 1. The van der Waals surface area contributed by atoms with Gasteiger partial charge in [0.2, 0.25) is 17.8 Å². The summed E-state index contributed by atoms with van der Waals surface area (Å²) >= 11 is 11.4. The second-order valence-corrected chi connectivity index (χ2v) is 28.8. The first-order valence-electron chi connectivity index (χ1n) is 31.6. The summed E-state index contributed by atoms with van der Waals surface area (Å²) in [5, 5.41) is 36.7. The van der Waals surface area contributed by atoms with E-state index in [-0.39, 0.29) is 24.1 Å². The third-order valence-corrected chi connectivity index (χ3v) is 21.9. The number of fused-ring (bicyclic) bond motifs is 3. The molecule has 0 spiro atoms. The summed E-state index contributed by atoms with van der Waals surface area (Å²) in [5.41, 5.74) is 5.86. The molecule has 12 rings (SSSR count). The number of halogens is 2. The van der Waals surface area contributed by atoms with Crippen molar-refractivity contribution < 1.29 is 43.7 Å². The van der Waals surface area contributed by atoms with E-state index in [0.717, 1.165) is 73.0 Å². The van der Waals surface area contributed by atoms with Crippen molar-refractivity contribution in [1.29, 1.82) is 0 Å². The first-order valence-corrected chi connectivity index (χ1v) is 35.6. The zero-order valence-electron chi connectivity index (χ0n) is 54.4. The quantitative estimate of drug-likeness (QED) is 0.0417. The highest BCUT2D eigenvalue weighted by Crippen LogP contribution is 2.41. The largest absolute Gasteiger partial charge is 0.481 e. The van der Waals surface area contributed by atoms with E-state index in [1.54, 1.807) is 51.0 Å². The molecule has 27 nitrogen and oxygen atoms in total. The van der Waals surface area contributed by atoms with Gasteiger partial charge in [0.05, 0.1) is 53.5 Å². The SMILES string of the molecule is CCNC(=O)Nc1nc2cc(-c3cnc(N4CCC(C)(C(=O)O)CC4)nc3)cc(Br)c2s1.CCNC(=O)Nc1nc2cc(-c3cnc(N4CCC(C)(C(=O)O)CC4)nc3)ccc2s1.CCNC(=O)Nc1nc2cc(-c3cnc(N4CCC(C)(C(=O)OCC)CC4)nc3)cc(Br)c2s1. The number of piperidine rings is 3. The maximum absolute atomic E-state index is 12.3. The molecule has 0 aliphatic carbocycles. The monoisotopic (exact) mass is 1500 g/mol. The summed E-state index contributed by atoms with van der Waals surface area (Å²) in [5.74, 6) is 0.240. The van der Waals surface area contributed by atoms with Crippen LogP contribution in [0.15, 0.2) is 88.6 Å². The Balaban J connectivity index is 0.000000158. The lowest BCUT2D eigenvalue weighted by Crippen LogP contribution is -2.44. The number of thiazole rings is 3. The van der Waals surface area contributed by atoms with Gasteiger partial charge in [0.15, 0.2) is 15.4 Å². The number of amides is 6. The topological polar surface area (TPSA) is 350 Å². The van der Waals surface area contributed by atoms with Gasteiger partial charge in [0.1, 0.15) is 0 Å². The van der Waals surface area contributed by atoms with Crippen LogP contribution >= 0.6 is 65.9 Å². The molecule has 3 saturated heterocycles. The molecule has 9 aromatic rings. The highest BCUT2D eigenvalue weighted by atomic mass is 79.9. The summed E-state index contributed by atoms with van der Waals surface area (Å²) < 4.78 is 9.87. The molecule has 3 aromatic carbocycles. The number of aromatic nitrogens is 9. The average molecular weight is 1510 g/mol. The van der Waals surface area contributed by atoms with E-state index in [0.29, 0.717) is 137 Å². The number of carbonyl (C=O) groups is 6. The van der Waals surface area contributed by atoms with Crippen molar-refractivity contribution in [3.63, 3.8) is 0 Å². The van der Waals surface area contributed by atoms with Gasteiger partial charge >= 0.3 is 36.0 Å². The molecule has 0 unspecified atom stereocenters. The van der Waals surface area contributed by atoms with Crippen LogP contribution in [-0.2, 0) is 19.1 Å². The molecule has 0 bridgehead atoms. The van der Waals surface area contributed by atoms with Gasteiger partial charge in [-0.05, 0) is 172 Å². The fourth-order valence-electron chi connectivity index (χ4n) is 10.9. The number of benzene rings is 3. The maximum atomic E-state index is 12.3. The van der Waals surface area contributed by atoms with E-state index in [2.05, 4.69) is 114 Å². The van der Waals surface area contributed by atoms with Crippen LogP contribution in [0.2, 0.25) is 0 Å². The van der Waals surface area contributed by atoms with Crippen molar-refractivity contribution >= 4 is 166 Å². The Labute approximate surface area is 587 Å². The molecule has 0 atom stereocenters. The molecule has 0 saturated carbocycles. The maximum Gasteiger partial charge on any atom is 0.321 e. The molecular formula is C65H74Br2N18O9S3. The van der Waals surface area contributed by atoms with E-state index in [9.17, 15) is 39.0 Å². The van der Waals surface area contributed by atoms with Crippen LogP contribution in [0.3, 0.4) is 0 Å². The number of ether oxygens (including phenoxy) is 1. The molecule has 510 valence electrons. The third kappa shape index (κ3) is 17.1. The van der Waals surface area contributed by atoms with Gasteiger partial charge in [0.25, 0.3) is 0 Å². The zero-order chi connectivity index (χ0) is 69.2. The van der Waals surface area contributed by atoms with Gasteiger partial charge in [-0.1, -0.05) is 40.1 Å². The van der Waals surface area contributed by atoms with Crippen molar-refractivity contribution in [3.8, 4) is 33.4 Å². The van der Waals surface area contributed by atoms with Crippen LogP contribution in [0, 0.1) is 16.2 Å². The van der Waals surface area contributed by atoms with Crippen LogP contribution in [-0.4, -0.2) is 157 Å². The smallest absolute Gasteiger partial charge is 0.321 e. The number of urea groups is 3. The fraction of sp³-hybridized carbons (Fsp3) is 0.400. The summed E-state index contributed by atoms with van der Waals surface area (Å²) in [6.45, 7) is 18.9. The highest BCUT2D eigenvalue weighted by molar-refractivity contribution is 9.11. The average Bonchev–Trinajstić information content (AvgIpc) is 1.75. The summed E-state index contributed by atoms with van der Waals surface area (Å²) in [6.07, 6.45) is 14.4. The number of hydrogen-bond acceptors (Lipinski definition) is 22. The molecule has 3 fully saturated rings. The number of carbonyl (C=O) groups excluding carboxylic acids is 4. The van der Waals surface area contributed by atoms with Gasteiger partial charge in [-0.2, -0.15) is 0 Å². The Morgan fingerprint density at radius 1 is 0.464 bits per heavy atom. The Hall–Kier alpha value is -8.85. The van der Waals surface area contributed by atoms with Gasteiger partial charge in [-0.15, -0.1) is 0 Å². The van der Waals surface area contributed by atoms with Crippen molar-refractivity contribution in [1.82, 2.24) is 60.8 Å². The van der Waals surface area contributed by atoms with E-state index in [4.69, 9.17) is 4.74 Å². The Kier molecular flexibility index (Phi) is 22.8. The lowest BCUT2D eigenvalue weighted by molar-refractivity contribution is -0.155. The van der Waals surface area contributed by atoms with Crippen molar-refractivity contribution in [3.05, 3.63) is 88.6 Å². The van der Waals surface area contributed by atoms with E-state index in [1.807, 2.05) is 86.9 Å². The van der Waals surface area contributed by atoms with Gasteiger partial charge < -0.3 is 45.6 Å². The predicted molar refractivity (Wildman–Crippen MR) is 386 cm³/mol. The summed E-state index contributed by atoms with van der Waals surface area (Å²) in [7, 11) is 0. The minimum Gasteiger partial charge on any atom is -0.481 e. The predicted octanol–water partition coefficient (Wildman–Crippen LogP) is 12.8. The van der Waals surface area contributed by atoms with Crippen molar-refractivity contribution in [2.45, 2.75) is 87.0 Å². The van der Waals surface area contributed by atoms with Crippen molar-refractivity contribution in [2.75, 3.05) is 96.2 Å². The Morgan fingerprint density at radius 3 is 1.14 bits per heavy atom. The standard InChI is InChI=1S/C23H27BrN6O3S.C21H23BrN6O3S.C21H24N6O3S/c1-4-25-21(32)29-22-28-17-11-14(10-16(24)18(17)34-22)15-12-26-20(27-13-15)30-8-6-23(3,7-9-30)19(31)33-5-2;1-3-23-19(31)27-20-26-15-9-12(8-14(22)16(15)32-20)13-10-24-18(25-11-13)28-6-4-21(2,5-7-28)17(29)30;1-3-22-19(30)26-20-25-15-10-13(4-5-16(15)31-20)14-11-23-18(24-12-14)27-8-6-21(2,7-9-27)17(28)29/h10-13H,4-9H2,1-3H3,(H2,25,28,29,32);8-11H,3-7H2,1-2H3,(H,29,30)(H2,23,26,27,31);4-5,10-12H,3,6-9H2,1-2H3,(H,28,29)(H2,22,25,26,30). The Morgan fingerprint density at radius 2 is 0.794 bits per heavy atom. The van der Waals surface area contributed by atoms with Crippen LogP contribution in [0.25, 0.3) is 64.0 Å².